The number of anilines is 1. The molecule has 1 heterocycles. The molecule has 3 rings (SSSR count). The second-order valence-corrected chi connectivity index (χ2v) is 8.85. The normalized spacial score (nSPS) is 11.2. The first-order valence-corrected chi connectivity index (χ1v) is 11.6. The Morgan fingerprint density at radius 3 is 2.55 bits per heavy atom. The van der Waals surface area contributed by atoms with Crippen LogP contribution in [-0.4, -0.2) is 35.7 Å². The summed E-state index contributed by atoms with van der Waals surface area (Å²) in [7, 11) is 0. The van der Waals surface area contributed by atoms with E-state index in [1.54, 1.807) is 0 Å². The number of thioether (sulfide) groups is 1. The molecule has 0 aliphatic heterocycles. The maximum Gasteiger partial charge on any atom is 0.416 e. The number of nitrogens with one attached hydrogen (secondary N) is 2. The summed E-state index contributed by atoms with van der Waals surface area (Å²) in [6.07, 6.45) is -4.50. The van der Waals surface area contributed by atoms with E-state index >= 15 is 0 Å². The Balaban J connectivity index is 1.70. The molecule has 0 saturated heterocycles. The van der Waals surface area contributed by atoms with Gasteiger partial charge in [0.2, 0.25) is 5.91 Å². The number of rotatable bonds is 9. The van der Waals surface area contributed by atoms with Crippen LogP contribution in [0.25, 0.3) is 11.3 Å². The molecule has 6 nitrogen and oxygen atoms in total. The topological polar surface area (TPSA) is 80.3 Å². The van der Waals surface area contributed by atoms with Crippen molar-refractivity contribution in [1.29, 1.82) is 0 Å². The van der Waals surface area contributed by atoms with Gasteiger partial charge in [0.05, 0.1) is 11.3 Å². The third kappa shape index (κ3) is 7.22. The first kappa shape index (κ1) is 24.6. The molecule has 0 unspecified atom stereocenters. The highest BCUT2D eigenvalue weighted by Crippen LogP contribution is 2.37. The molecule has 174 valence electrons. The van der Waals surface area contributed by atoms with E-state index in [0.29, 0.717) is 21.6 Å². The monoisotopic (exact) mass is 495 g/mol. The number of nitrogens with zero attached hydrogens (tertiary/aromatic N) is 1. The number of amides is 2. The minimum absolute atomic E-state index is 0.0641. The number of aromatic nitrogens is 1. The number of carbonyl (C=O) groups excluding carboxylic acids is 2. The third-order valence-electron chi connectivity index (χ3n) is 4.14. The molecule has 2 amide bonds. The molecule has 0 spiro atoms. The molecule has 1 aromatic heterocycles. The maximum absolute atomic E-state index is 12.9. The number of halogens is 3. The summed E-state index contributed by atoms with van der Waals surface area (Å²) < 4.78 is 44.4. The van der Waals surface area contributed by atoms with Gasteiger partial charge in [-0.05, 0) is 25.1 Å². The minimum Gasteiger partial charge on any atom is -0.484 e. The number of hydrogen-bond donors (Lipinski definition) is 2. The predicted molar refractivity (Wildman–Crippen MR) is 123 cm³/mol. The van der Waals surface area contributed by atoms with Gasteiger partial charge in [0.15, 0.2) is 10.9 Å². The van der Waals surface area contributed by atoms with Gasteiger partial charge in [-0.25, -0.2) is 4.98 Å². The fraction of sp³-hybridized carbons (Fsp3) is 0.227. The van der Waals surface area contributed by atoms with E-state index in [1.165, 1.54) is 35.2 Å². The van der Waals surface area contributed by atoms with Crippen LogP contribution in [0.1, 0.15) is 12.5 Å². The van der Waals surface area contributed by atoms with Crippen LogP contribution >= 0.6 is 23.1 Å². The molecule has 2 N–H and O–H groups in total. The Hall–Kier alpha value is -3.05. The van der Waals surface area contributed by atoms with Crippen molar-refractivity contribution < 1.29 is 27.5 Å². The van der Waals surface area contributed by atoms with Gasteiger partial charge in [0.1, 0.15) is 16.4 Å². The zero-order chi connectivity index (χ0) is 23.8. The van der Waals surface area contributed by atoms with Crippen molar-refractivity contribution in [2.75, 3.05) is 24.2 Å². The Labute approximate surface area is 196 Å². The second-order valence-electron chi connectivity index (χ2n) is 6.63. The van der Waals surface area contributed by atoms with Crippen molar-refractivity contribution in [1.82, 2.24) is 10.3 Å². The first-order chi connectivity index (χ1) is 15.8. The summed E-state index contributed by atoms with van der Waals surface area (Å²) in [4.78, 5) is 28.8. The molecule has 0 saturated carbocycles. The van der Waals surface area contributed by atoms with Crippen molar-refractivity contribution in [2.24, 2.45) is 0 Å². The standard InChI is InChI=1S/C22H20F3N3O3S2/c1-2-26-18(30)13-32-21-28-19(14-7-4-3-5-8-14)20(33-21)27-17(29)12-31-16-10-6-9-15(11-16)22(23,24)25/h3-11H,2,12-13H2,1H3,(H,26,30)(H,27,29). The molecule has 33 heavy (non-hydrogen) atoms. The number of benzene rings is 2. The predicted octanol–water partition coefficient (Wildman–Crippen LogP) is 5.07. The van der Waals surface area contributed by atoms with Crippen molar-refractivity contribution in [3.63, 3.8) is 0 Å². The van der Waals surface area contributed by atoms with E-state index in [-0.39, 0.29) is 17.4 Å². The van der Waals surface area contributed by atoms with Crippen LogP contribution in [-0.2, 0) is 15.8 Å². The molecule has 0 radical (unpaired) electrons. The smallest absolute Gasteiger partial charge is 0.416 e. The van der Waals surface area contributed by atoms with Gasteiger partial charge in [-0.15, -0.1) is 0 Å². The molecule has 0 aliphatic carbocycles. The lowest BCUT2D eigenvalue weighted by Gasteiger charge is -2.10. The van der Waals surface area contributed by atoms with Crippen LogP contribution < -0.4 is 15.4 Å². The fourth-order valence-electron chi connectivity index (χ4n) is 2.69. The van der Waals surface area contributed by atoms with Gasteiger partial charge in [-0.1, -0.05) is 59.5 Å². The number of carbonyl (C=O) groups is 2. The fourth-order valence-corrected chi connectivity index (χ4v) is 4.60. The van der Waals surface area contributed by atoms with Gasteiger partial charge in [-0.2, -0.15) is 13.2 Å². The van der Waals surface area contributed by atoms with Crippen molar-refractivity contribution in [3.8, 4) is 17.0 Å². The number of ether oxygens (including phenoxy) is 1. The Kier molecular flexibility index (Phi) is 8.34. The van der Waals surface area contributed by atoms with E-state index in [0.717, 1.165) is 17.7 Å². The summed E-state index contributed by atoms with van der Waals surface area (Å²) in [5.74, 6) is -0.556. The quantitative estimate of drug-likeness (QED) is 0.405. The van der Waals surface area contributed by atoms with Crippen LogP contribution in [0.4, 0.5) is 18.2 Å². The average Bonchev–Trinajstić information content (AvgIpc) is 3.19. The van der Waals surface area contributed by atoms with E-state index in [1.807, 2.05) is 37.3 Å². The lowest BCUT2D eigenvalue weighted by molar-refractivity contribution is -0.137. The minimum atomic E-state index is -4.50. The molecule has 0 atom stereocenters. The molecule has 0 bridgehead atoms. The zero-order valence-corrected chi connectivity index (χ0v) is 19.1. The van der Waals surface area contributed by atoms with Crippen molar-refractivity contribution >= 4 is 39.9 Å². The lowest BCUT2D eigenvalue weighted by atomic mass is 10.2. The van der Waals surface area contributed by atoms with Crippen molar-refractivity contribution in [2.45, 2.75) is 17.4 Å². The van der Waals surface area contributed by atoms with Gasteiger partial charge in [0, 0.05) is 12.1 Å². The molecular formula is C22H20F3N3O3S2. The summed E-state index contributed by atoms with van der Waals surface area (Å²) in [6, 6.07) is 13.5. The third-order valence-corrected chi connectivity index (χ3v) is 6.25. The SMILES string of the molecule is CCNC(=O)CSc1nc(-c2ccccc2)c(NC(=O)COc2cccc(C(F)(F)F)c2)s1. The largest absolute Gasteiger partial charge is 0.484 e. The second kappa shape index (κ2) is 11.2. The van der Waals surface area contributed by atoms with Gasteiger partial charge in [0.25, 0.3) is 5.91 Å². The summed E-state index contributed by atoms with van der Waals surface area (Å²) in [5.41, 5.74) is 0.446. The van der Waals surface area contributed by atoms with E-state index in [2.05, 4.69) is 15.6 Å². The van der Waals surface area contributed by atoms with E-state index < -0.39 is 24.3 Å². The Bertz CT molecular complexity index is 1110. The molecular weight excluding hydrogens is 475 g/mol. The van der Waals surface area contributed by atoms with Gasteiger partial charge >= 0.3 is 6.18 Å². The first-order valence-electron chi connectivity index (χ1n) is 9.82. The Morgan fingerprint density at radius 2 is 1.85 bits per heavy atom. The van der Waals surface area contributed by atoms with Crippen LogP contribution in [0.3, 0.4) is 0 Å². The highest BCUT2D eigenvalue weighted by Gasteiger charge is 2.30. The summed E-state index contributed by atoms with van der Waals surface area (Å²) in [6.45, 7) is 1.88. The van der Waals surface area contributed by atoms with E-state index in [9.17, 15) is 22.8 Å². The number of hydrogen-bond acceptors (Lipinski definition) is 6. The molecule has 0 aliphatic rings. The van der Waals surface area contributed by atoms with E-state index in [4.69, 9.17) is 4.74 Å². The van der Waals surface area contributed by atoms with Crippen LogP contribution in [0, 0.1) is 0 Å². The van der Waals surface area contributed by atoms with Gasteiger partial charge in [-0.3, -0.25) is 9.59 Å². The number of alkyl halides is 3. The van der Waals surface area contributed by atoms with Crippen LogP contribution in [0.5, 0.6) is 5.75 Å². The zero-order valence-electron chi connectivity index (χ0n) is 17.4. The molecule has 11 heteroatoms. The molecule has 3 aromatic rings. The molecule has 2 aromatic carbocycles. The van der Waals surface area contributed by atoms with Crippen LogP contribution in [0.2, 0.25) is 0 Å². The summed E-state index contributed by atoms with van der Waals surface area (Å²) in [5, 5.41) is 5.88. The van der Waals surface area contributed by atoms with Crippen molar-refractivity contribution in [3.05, 3.63) is 60.2 Å². The highest BCUT2D eigenvalue weighted by atomic mass is 32.2. The highest BCUT2D eigenvalue weighted by molar-refractivity contribution is 8.01. The number of thiazole rings is 1. The molecule has 0 fully saturated rings. The lowest BCUT2D eigenvalue weighted by Crippen LogP contribution is -2.24. The summed E-state index contributed by atoms with van der Waals surface area (Å²) >= 11 is 2.45. The van der Waals surface area contributed by atoms with Gasteiger partial charge < -0.3 is 15.4 Å². The van der Waals surface area contributed by atoms with Crippen LogP contribution in [0.15, 0.2) is 58.9 Å². The maximum atomic E-state index is 12.9. The average molecular weight is 496 g/mol. The Morgan fingerprint density at radius 1 is 1.09 bits per heavy atom.